The Hall–Kier alpha value is -4.59. The number of rotatable bonds is 7. The number of amides is 1. The number of aliphatic hydroxyl groups is 1. The number of ketones is 1. The van der Waals surface area contributed by atoms with Gasteiger partial charge in [-0.15, -0.1) is 0 Å². The molecule has 3 aromatic carbocycles. The van der Waals surface area contributed by atoms with E-state index >= 15 is 0 Å². The summed E-state index contributed by atoms with van der Waals surface area (Å²) in [6.07, 6.45) is 0. The normalized spacial score (nSPS) is 16.5. The SMILES string of the molecule is CCOC(=O)c1cccc(N2C(=O)C(=O)/C(=C(/O)c3cc(C)ccc3OC)C2c2cccc(OC)c2)c1. The van der Waals surface area contributed by atoms with E-state index in [1.807, 2.05) is 13.0 Å². The Kier molecular flexibility index (Phi) is 7.29. The second-order valence-corrected chi connectivity index (χ2v) is 8.42. The van der Waals surface area contributed by atoms with Crippen LogP contribution in [0.25, 0.3) is 5.76 Å². The zero-order chi connectivity index (χ0) is 26.7. The van der Waals surface area contributed by atoms with Crippen LogP contribution in [0.4, 0.5) is 5.69 Å². The number of benzene rings is 3. The molecule has 1 N–H and O–H groups in total. The molecule has 37 heavy (non-hydrogen) atoms. The van der Waals surface area contributed by atoms with Crippen LogP contribution in [0.2, 0.25) is 0 Å². The summed E-state index contributed by atoms with van der Waals surface area (Å²) in [5, 5.41) is 11.5. The Labute approximate surface area is 214 Å². The first-order chi connectivity index (χ1) is 17.8. The molecule has 0 bridgehead atoms. The van der Waals surface area contributed by atoms with Crippen molar-refractivity contribution in [2.45, 2.75) is 19.9 Å². The maximum Gasteiger partial charge on any atom is 0.338 e. The molecule has 190 valence electrons. The third-order valence-corrected chi connectivity index (χ3v) is 6.10. The lowest BCUT2D eigenvalue weighted by Gasteiger charge is -2.26. The van der Waals surface area contributed by atoms with Gasteiger partial charge in [0.2, 0.25) is 0 Å². The van der Waals surface area contributed by atoms with E-state index in [0.717, 1.165) is 5.56 Å². The number of aliphatic hydroxyl groups excluding tert-OH is 1. The van der Waals surface area contributed by atoms with Gasteiger partial charge in [0.05, 0.1) is 43.6 Å². The van der Waals surface area contributed by atoms with Crippen LogP contribution in [-0.4, -0.2) is 43.6 Å². The molecule has 0 aromatic heterocycles. The summed E-state index contributed by atoms with van der Waals surface area (Å²) in [6.45, 7) is 3.73. The Bertz CT molecular complexity index is 1410. The number of hydrogen-bond donors (Lipinski definition) is 1. The molecule has 1 amide bonds. The van der Waals surface area contributed by atoms with E-state index in [1.165, 1.54) is 25.2 Å². The van der Waals surface area contributed by atoms with Crippen LogP contribution in [0.5, 0.6) is 11.5 Å². The summed E-state index contributed by atoms with van der Waals surface area (Å²) in [5.41, 5.74) is 2.07. The standard InChI is InChI=1S/C29H27NO7/c1-5-37-29(34)19-9-6-10-20(15-19)30-25(18-8-7-11-21(16-18)35-3)24(27(32)28(30)33)26(31)22-14-17(2)12-13-23(22)36-4/h6-16,25,31H,5H2,1-4H3/b26-24+. The molecule has 0 aliphatic carbocycles. The van der Waals surface area contributed by atoms with Gasteiger partial charge in [0.25, 0.3) is 11.7 Å². The number of Topliss-reactive ketones (excluding diaryl/α,β-unsaturated/α-hetero) is 1. The summed E-state index contributed by atoms with van der Waals surface area (Å²) < 4.78 is 15.9. The minimum absolute atomic E-state index is 0.108. The smallest absolute Gasteiger partial charge is 0.338 e. The fourth-order valence-electron chi connectivity index (χ4n) is 4.37. The van der Waals surface area contributed by atoms with Gasteiger partial charge in [-0.3, -0.25) is 14.5 Å². The highest BCUT2D eigenvalue weighted by Crippen LogP contribution is 2.44. The average molecular weight is 502 g/mol. The fourth-order valence-corrected chi connectivity index (χ4v) is 4.37. The minimum atomic E-state index is -1.00. The molecule has 0 saturated carbocycles. The zero-order valence-corrected chi connectivity index (χ0v) is 21.0. The number of carbonyl (C=O) groups is 3. The molecule has 8 heteroatoms. The van der Waals surface area contributed by atoms with Crippen molar-refractivity contribution in [1.29, 1.82) is 0 Å². The Morgan fingerprint density at radius 2 is 1.73 bits per heavy atom. The van der Waals surface area contributed by atoms with Crippen molar-refractivity contribution in [3.63, 3.8) is 0 Å². The highest BCUT2D eigenvalue weighted by Gasteiger charge is 2.47. The molecule has 1 unspecified atom stereocenters. The van der Waals surface area contributed by atoms with E-state index in [0.29, 0.717) is 22.7 Å². The van der Waals surface area contributed by atoms with E-state index in [9.17, 15) is 19.5 Å². The maximum atomic E-state index is 13.5. The molecule has 4 rings (SSSR count). The fraction of sp³-hybridized carbons (Fsp3) is 0.207. The minimum Gasteiger partial charge on any atom is -0.507 e. The molecule has 3 aromatic rings. The molecular weight excluding hydrogens is 474 g/mol. The van der Waals surface area contributed by atoms with E-state index < -0.39 is 23.7 Å². The van der Waals surface area contributed by atoms with Crippen LogP contribution in [0.3, 0.4) is 0 Å². The number of esters is 1. The predicted molar refractivity (Wildman–Crippen MR) is 138 cm³/mol. The van der Waals surface area contributed by atoms with Crippen LogP contribution >= 0.6 is 0 Å². The highest BCUT2D eigenvalue weighted by molar-refractivity contribution is 6.51. The van der Waals surface area contributed by atoms with E-state index in [1.54, 1.807) is 61.5 Å². The Balaban J connectivity index is 1.97. The van der Waals surface area contributed by atoms with Gasteiger partial charge in [0.15, 0.2) is 0 Å². The lowest BCUT2D eigenvalue weighted by molar-refractivity contribution is -0.132. The van der Waals surface area contributed by atoms with Gasteiger partial charge in [-0.1, -0.05) is 29.8 Å². The molecule has 1 heterocycles. The highest BCUT2D eigenvalue weighted by atomic mass is 16.5. The van der Waals surface area contributed by atoms with Gasteiger partial charge in [-0.2, -0.15) is 0 Å². The largest absolute Gasteiger partial charge is 0.507 e. The molecule has 1 fully saturated rings. The molecule has 1 atom stereocenters. The van der Waals surface area contributed by atoms with Gasteiger partial charge in [0.1, 0.15) is 17.3 Å². The van der Waals surface area contributed by atoms with Crippen LogP contribution < -0.4 is 14.4 Å². The van der Waals surface area contributed by atoms with Crippen molar-refractivity contribution in [3.05, 3.63) is 94.6 Å². The number of carbonyl (C=O) groups excluding carboxylic acids is 3. The first kappa shape index (κ1) is 25.5. The first-order valence-electron chi connectivity index (χ1n) is 11.7. The molecule has 0 spiro atoms. The van der Waals surface area contributed by atoms with Crippen LogP contribution in [0.15, 0.2) is 72.3 Å². The number of hydrogen-bond acceptors (Lipinski definition) is 7. The number of nitrogens with zero attached hydrogens (tertiary/aromatic N) is 1. The summed E-state index contributed by atoms with van der Waals surface area (Å²) >= 11 is 0. The van der Waals surface area contributed by atoms with Crippen LogP contribution in [-0.2, 0) is 14.3 Å². The van der Waals surface area contributed by atoms with Crippen molar-refractivity contribution in [2.24, 2.45) is 0 Å². The Morgan fingerprint density at radius 1 is 0.973 bits per heavy atom. The van der Waals surface area contributed by atoms with Gasteiger partial charge in [-0.05, 0) is 61.9 Å². The summed E-state index contributed by atoms with van der Waals surface area (Å²) in [5.74, 6) is -1.77. The van der Waals surface area contributed by atoms with Crippen LogP contribution in [0, 0.1) is 6.92 Å². The van der Waals surface area contributed by atoms with Gasteiger partial charge in [0, 0.05) is 5.69 Å². The molecular formula is C29H27NO7. The molecule has 0 radical (unpaired) electrons. The van der Waals surface area contributed by atoms with Crippen molar-refractivity contribution in [1.82, 2.24) is 0 Å². The first-order valence-corrected chi connectivity index (χ1v) is 11.7. The van der Waals surface area contributed by atoms with Crippen molar-refractivity contribution in [2.75, 3.05) is 25.7 Å². The molecule has 1 saturated heterocycles. The second kappa shape index (κ2) is 10.6. The average Bonchev–Trinajstić information content (AvgIpc) is 3.18. The van der Waals surface area contributed by atoms with Crippen molar-refractivity contribution in [3.8, 4) is 11.5 Å². The summed E-state index contributed by atoms with van der Waals surface area (Å²) in [6, 6.07) is 17.4. The number of ether oxygens (including phenoxy) is 3. The van der Waals surface area contributed by atoms with Crippen molar-refractivity contribution >= 4 is 29.1 Å². The third-order valence-electron chi connectivity index (χ3n) is 6.10. The van der Waals surface area contributed by atoms with E-state index in [2.05, 4.69) is 0 Å². The maximum absolute atomic E-state index is 13.5. The lowest BCUT2D eigenvalue weighted by Crippen LogP contribution is -2.29. The van der Waals surface area contributed by atoms with Crippen LogP contribution in [0.1, 0.15) is 40.0 Å². The van der Waals surface area contributed by atoms with Gasteiger partial charge >= 0.3 is 5.97 Å². The number of anilines is 1. The molecule has 8 nitrogen and oxygen atoms in total. The lowest BCUT2D eigenvalue weighted by atomic mass is 9.94. The van der Waals surface area contributed by atoms with Crippen molar-refractivity contribution < 1.29 is 33.7 Å². The van der Waals surface area contributed by atoms with Gasteiger partial charge < -0.3 is 19.3 Å². The number of methoxy groups -OCH3 is 2. The molecule has 1 aliphatic rings. The summed E-state index contributed by atoms with van der Waals surface area (Å²) in [4.78, 5) is 40.6. The van der Waals surface area contributed by atoms with E-state index in [-0.39, 0.29) is 29.1 Å². The monoisotopic (exact) mass is 501 g/mol. The summed E-state index contributed by atoms with van der Waals surface area (Å²) in [7, 11) is 2.97. The Morgan fingerprint density at radius 3 is 2.43 bits per heavy atom. The predicted octanol–water partition coefficient (Wildman–Crippen LogP) is 4.82. The van der Waals surface area contributed by atoms with Gasteiger partial charge in [-0.25, -0.2) is 4.79 Å². The topological polar surface area (TPSA) is 102 Å². The second-order valence-electron chi connectivity index (χ2n) is 8.42. The number of aryl methyl sites for hydroxylation is 1. The third kappa shape index (κ3) is 4.78. The molecule has 1 aliphatic heterocycles. The van der Waals surface area contributed by atoms with E-state index in [4.69, 9.17) is 14.2 Å². The zero-order valence-electron chi connectivity index (χ0n) is 21.0. The quantitative estimate of drug-likeness (QED) is 0.214.